The first-order valence-corrected chi connectivity index (χ1v) is 6.44. The Morgan fingerprint density at radius 2 is 2.00 bits per heavy atom. The molecule has 2 heterocycles. The second-order valence-electron chi connectivity index (χ2n) is 5.74. The number of hydrogen-bond acceptors (Lipinski definition) is 4. The highest BCUT2D eigenvalue weighted by Crippen LogP contribution is 2.27. The van der Waals surface area contributed by atoms with Crippen LogP contribution in [0.15, 0.2) is 9.59 Å². The third-order valence-electron chi connectivity index (χ3n) is 3.53. The van der Waals surface area contributed by atoms with Gasteiger partial charge in [-0.15, -0.1) is 0 Å². The van der Waals surface area contributed by atoms with Gasteiger partial charge in [0.2, 0.25) is 5.91 Å². The van der Waals surface area contributed by atoms with Gasteiger partial charge in [0.1, 0.15) is 0 Å². The monoisotopic (exact) mass is 281 g/mol. The zero-order valence-corrected chi connectivity index (χ0v) is 11.9. The van der Waals surface area contributed by atoms with E-state index in [9.17, 15) is 14.4 Å². The van der Waals surface area contributed by atoms with Crippen LogP contribution in [0, 0.1) is 12.3 Å². The number of carbonyl (C=O) groups excluding carboxylic acids is 1. The summed E-state index contributed by atoms with van der Waals surface area (Å²) in [7, 11) is 1.71. The third kappa shape index (κ3) is 2.98. The van der Waals surface area contributed by atoms with Crippen molar-refractivity contribution in [3.05, 3.63) is 32.1 Å². The number of nitrogens with one attached hydrogen (secondary N) is 2. The molecule has 1 aliphatic heterocycles. The lowest BCUT2D eigenvalue weighted by atomic mass is 9.88. The van der Waals surface area contributed by atoms with Crippen LogP contribution < -0.4 is 11.2 Å². The van der Waals surface area contributed by atoms with Gasteiger partial charge in [0.15, 0.2) is 0 Å². The summed E-state index contributed by atoms with van der Waals surface area (Å²) in [6.45, 7) is 5.54. The molecule has 110 valence electrons. The van der Waals surface area contributed by atoms with E-state index in [2.05, 4.69) is 16.9 Å². The van der Waals surface area contributed by atoms with Crippen molar-refractivity contribution < 1.29 is 9.53 Å². The maximum Gasteiger partial charge on any atom is 0.325 e. The first-order chi connectivity index (χ1) is 9.31. The number of likely N-dealkylation sites (N-methyl/N-ethyl adjacent to an activating group) is 1. The molecule has 0 aliphatic carbocycles. The number of rotatable bonds is 4. The van der Waals surface area contributed by atoms with Crippen molar-refractivity contribution in [1.29, 1.82) is 0 Å². The van der Waals surface area contributed by atoms with Gasteiger partial charge in [-0.1, -0.05) is 6.92 Å². The Hall–Kier alpha value is -1.89. The molecule has 1 aromatic heterocycles. The van der Waals surface area contributed by atoms with E-state index in [4.69, 9.17) is 4.74 Å². The minimum atomic E-state index is -0.559. The summed E-state index contributed by atoms with van der Waals surface area (Å²) in [6, 6.07) is 0. The number of nitrogens with zero attached hydrogens (tertiary/aromatic N) is 1. The van der Waals surface area contributed by atoms with Gasteiger partial charge in [-0.05, 0) is 6.92 Å². The minimum absolute atomic E-state index is 0.00310. The van der Waals surface area contributed by atoms with Crippen LogP contribution >= 0.6 is 0 Å². The summed E-state index contributed by atoms with van der Waals surface area (Å²) < 4.78 is 5.16. The topological polar surface area (TPSA) is 95.3 Å². The maximum atomic E-state index is 12.2. The third-order valence-corrected chi connectivity index (χ3v) is 3.53. The van der Waals surface area contributed by atoms with Crippen LogP contribution in [0.1, 0.15) is 18.2 Å². The Morgan fingerprint density at radius 3 is 2.50 bits per heavy atom. The molecule has 1 aromatic rings. The van der Waals surface area contributed by atoms with Crippen LogP contribution in [0.2, 0.25) is 0 Å². The average Bonchev–Trinajstić information content (AvgIpc) is 2.31. The summed E-state index contributed by atoms with van der Waals surface area (Å²) in [5, 5.41) is 0. The van der Waals surface area contributed by atoms with E-state index in [1.165, 1.54) is 0 Å². The Balaban J connectivity index is 2.08. The molecule has 1 amide bonds. The molecule has 0 spiro atoms. The van der Waals surface area contributed by atoms with Crippen molar-refractivity contribution in [2.75, 3.05) is 26.8 Å². The Kier molecular flexibility index (Phi) is 3.80. The van der Waals surface area contributed by atoms with Crippen molar-refractivity contribution >= 4 is 5.91 Å². The average molecular weight is 281 g/mol. The van der Waals surface area contributed by atoms with Gasteiger partial charge in [0.05, 0.1) is 19.6 Å². The molecule has 2 rings (SSSR count). The first-order valence-electron chi connectivity index (χ1n) is 6.44. The van der Waals surface area contributed by atoms with Gasteiger partial charge in [-0.2, -0.15) is 0 Å². The molecule has 0 aromatic carbocycles. The maximum absolute atomic E-state index is 12.2. The molecule has 0 unspecified atom stereocenters. The van der Waals surface area contributed by atoms with Crippen LogP contribution in [0.3, 0.4) is 0 Å². The van der Waals surface area contributed by atoms with Crippen LogP contribution in [0.4, 0.5) is 0 Å². The van der Waals surface area contributed by atoms with E-state index in [-0.39, 0.29) is 17.7 Å². The number of H-pyrrole nitrogens is 2. The lowest BCUT2D eigenvalue weighted by Gasteiger charge is -2.40. The fraction of sp³-hybridized carbons (Fsp3) is 0.615. The molecule has 20 heavy (non-hydrogen) atoms. The van der Waals surface area contributed by atoms with Crippen molar-refractivity contribution in [3.8, 4) is 0 Å². The molecular formula is C13H19N3O4. The molecule has 1 aliphatic rings. The second-order valence-corrected chi connectivity index (χ2v) is 5.74. The zero-order chi connectivity index (χ0) is 14.9. The molecule has 0 radical (unpaired) electrons. The van der Waals surface area contributed by atoms with Gasteiger partial charge >= 0.3 is 5.69 Å². The molecule has 2 N–H and O–H groups in total. The van der Waals surface area contributed by atoms with Gasteiger partial charge < -0.3 is 14.6 Å². The van der Waals surface area contributed by atoms with Gasteiger partial charge in [0, 0.05) is 30.3 Å². The highest BCUT2D eigenvalue weighted by molar-refractivity contribution is 5.78. The summed E-state index contributed by atoms with van der Waals surface area (Å²) in [6.07, 6.45) is -0.0224. The van der Waals surface area contributed by atoms with E-state index in [1.54, 1.807) is 18.9 Å². The predicted octanol–water partition coefficient (Wildman–Crippen LogP) is -0.591. The number of aryl methyl sites for hydroxylation is 1. The highest BCUT2D eigenvalue weighted by Gasteiger charge is 2.35. The molecule has 7 nitrogen and oxygen atoms in total. The standard InChI is InChI=1S/C13H19N3O4/c1-8-9(11(18)15-12(19)14-8)4-10(17)16(3)5-13(2)6-20-7-13/h4-7H2,1-3H3,(H2,14,15,18,19). The van der Waals surface area contributed by atoms with E-state index < -0.39 is 11.2 Å². The van der Waals surface area contributed by atoms with Crippen LogP contribution in [-0.4, -0.2) is 47.6 Å². The second kappa shape index (κ2) is 5.24. The van der Waals surface area contributed by atoms with Gasteiger partial charge in [0.25, 0.3) is 5.56 Å². The lowest BCUT2D eigenvalue weighted by Crippen LogP contribution is -2.49. The fourth-order valence-corrected chi connectivity index (χ4v) is 2.33. The smallest absolute Gasteiger partial charge is 0.325 e. The van der Waals surface area contributed by atoms with Crippen LogP contribution in [0.25, 0.3) is 0 Å². The molecule has 7 heteroatoms. The van der Waals surface area contributed by atoms with E-state index in [0.29, 0.717) is 31.0 Å². The minimum Gasteiger partial charge on any atom is -0.380 e. The Labute approximate surface area is 116 Å². The molecular weight excluding hydrogens is 262 g/mol. The van der Waals surface area contributed by atoms with E-state index >= 15 is 0 Å². The number of carbonyl (C=O) groups is 1. The summed E-state index contributed by atoms with van der Waals surface area (Å²) >= 11 is 0. The normalized spacial score (nSPS) is 16.6. The van der Waals surface area contributed by atoms with Gasteiger partial charge in [-0.25, -0.2) is 4.79 Å². The quantitative estimate of drug-likeness (QED) is 0.771. The highest BCUT2D eigenvalue weighted by atomic mass is 16.5. The van der Waals surface area contributed by atoms with Gasteiger partial charge in [-0.3, -0.25) is 14.6 Å². The zero-order valence-electron chi connectivity index (χ0n) is 11.9. The summed E-state index contributed by atoms with van der Waals surface area (Å²) in [5.41, 5.74) is -0.339. The molecule has 1 saturated heterocycles. The van der Waals surface area contributed by atoms with Crippen molar-refractivity contribution in [2.24, 2.45) is 5.41 Å². The van der Waals surface area contributed by atoms with E-state index in [1.807, 2.05) is 0 Å². The molecule has 1 fully saturated rings. The van der Waals surface area contributed by atoms with E-state index in [0.717, 1.165) is 0 Å². The molecule has 0 bridgehead atoms. The molecule has 0 atom stereocenters. The Morgan fingerprint density at radius 1 is 1.35 bits per heavy atom. The largest absolute Gasteiger partial charge is 0.380 e. The molecule has 0 saturated carbocycles. The fourth-order valence-electron chi connectivity index (χ4n) is 2.33. The number of amides is 1. The van der Waals surface area contributed by atoms with Crippen molar-refractivity contribution in [2.45, 2.75) is 20.3 Å². The lowest BCUT2D eigenvalue weighted by molar-refractivity contribution is -0.141. The van der Waals surface area contributed by atoms with Crippen LogP contribution in [0.5, 0.6) is 0 Å². The Bertz CT molecular complexity index is 627. The summed E-state index contributed by atoms with van der Waals surface area (Å²) in [5.74, 6) is -0.154. The number of ether oxygens (including phenoxy) is 1. The van der Waals surface area contributed by atoms with Crippen molar-refractivity contribution in [3.63, 3.8) is 0 Å². The predicted molar refractivity (Wildman–Crippen MR) is 72.7 cm³/mol. The number of aromatic nitrogens is 2. The number of aromatic amines is 2. The van der Waals surface area contributed by atoms with Crippen LogP contribution in [-0.2, 0) is 16.0 Å². The number of hydrogen-bond donors (Lipinski definition) is 2. The summed E-state index contributed by atoms with van der Waals surface area (Å²) in [4.78, 5) is 41.2. The van der Waals surface area contributed by atoms with Crippen molar-refractivity contribution in [1.82, 2.24) is 14.9 Å². The SMILES string of the molecule is Cc1[nH]c(=O)[nH]c(=O)c1CC(=O)N(C)CC1(C)COC1. The first kappa shape index (κ1) is 14.5.